The van der Waals surface area contributed by atoms with Gasteiger partial charge in [0.15, 0.2) is 0 Å². The van der Waals surface area contributed by atoms with Crippen molar-refractivity contribution in [3.63, 3.8) is 0 Å². The van der Waals surface area contributed by atoms with Crippen molar-refractivity contribution in [1.29, 1.82) is 0 Å². The molecule has 0 saturated carbocycles. The zero-order valence-electron chi connectivity index (χ0n) is 36.8. The minimum Gasteiger partial charge on any atom is -0.379 e. The van der Waals surface area contributed by atoms with Crippen LogP contribution in [-0.2, 0) is 4.74 Å². The van der Waals surface area contributed by atoms with Crippen LogP contribution >= 0.6 is 11.8 Å². The van der Waals surface area contributed by atoms with Crippen LogP contribution in [0.1, 0.15) is 136 Å². The first kappa shape index (κ1) is 48.1. The summed E-state index contributed by atoms with van der Waals surface area (Å²) < 4.78 is 5.25. The number of thioether (sulfide) groups is 1. The second kappa shape index (κ2) is 22.4. The van der Waals surface area contributed by atoms with Crippen LogP contribution in [-0.4, -0.2) is 167 Å². The Morgan fingerprint density at radius 3 is 0.900 bits per heavy atom. The number of likely N-dealkylation sites (tertiary alicyclic amines) is 2. The molecular formula is C42H90N6OS. The molecule has 0 unspecified atom stereocenters. The van der Waals surface area contributed by atoms with E-state index >= 15 is 0 Å². The number of hydrogen-bond donors (Lipinski definition) is 0. The van der Waals surface area contributed by atoms with E-state index in [1.54, 1.807) is 0 Å². The summed E-state index contributed by atoms with van der Waals surface area (Å²) in [6.07, 6.45) is 7.04. The first-order chi connectivity index (χ1) is 22.9. The van der Waals surface area contributed by atoms with Crippen molar-refractivity contribution in [2.45, 2.75) is 164 Å². The molecular weight excluding hydrogens is 637 g/mol. The van der Waals surface area contributed by atoms with Gasteiger partial charge in [-0.25, -0.2) is 0 Å². The van der Waals surface area contributed by atoms with Crippen molar-refractivity contribution < 1.29 is 4.74 Å². The van der Waals surface area contributed by atoms with Crippen LogP contribution in [0.3, 0.4) is 0 Å². The van der Waals surface area contributed by atoms with Gasteiger partial charge >= 0.3 is 0 Å². The normalized spacial score (nSPS) is 23.3. The van der Waals surface area contributed by atoms with E-state index in [1.807, 2.05) is 0 Å². The Hall–Kier alpha value is 0.0700. The quantitative estimate of drug-likeness (QED) is 0.247. The van der Waals surface area contributed by atoms with E-state index in [-0.39, 0.29) is 0 Å². The van der Waals surface area contributed by atoms with E-state index in [4.69, 9.17) is 4.74 Å². The summed E-state index contributed by atoms with van der Waals surface area (Å²) in [4.78, 5) is 15.1. The highest BCUT2D eigenvalue weighted by atomic mass is 32.2. The van der Waals surface area contributed by atoms with E-state index in [0.29, 0.717) is 27.7 Å². The van der Waals surface area contributed by atoms with Gasteiger partial charge < -0.3 is 9.64 Å². The predicted molar refractivity (Wildman–Crippen MR) is 225 cm³/mol. The zero-order valence-corrected chi connectivity index (χ0v) is 37.7. The molecule has 0 bridgehead atoms. The third kappa shape index (κ3) is 21.1. The lowest BCUT2D eigenvalue weighted by Gasteiger charge is -2.41. The number of rotatable bonds is 0. The zero-order chi connectivity index (χ0) is 38.2. The van der Waals surface area contributed by atoms with Crippen LogP contribution in [0.5, 0.6) is 0 Å². The molecule has 0 spiro atoms. The van der Waals surface area contributed by atoms with Gasteiger partial charge in [-0.3, -0.25) is 24.5 Å². The summed E-state index contributed by atoms with van der Waals surface area (Å²) in [7, 11) is 2.19. The van der Waals surface area contributed by atoms with Crippen LogP contribution in [0.4, 0.5) is 0 Å². The summed E-state index contributed by atoms with van der Waals surface area (Å²) in [5.74, 6) is 2.63. The van der Waals surface area contributed by atoms with Gasteiger partial charge in [-0.2, -0.15) is 11.8 Å². The molecule has 5 heterocycles. The van der Waals surface area contributed by atoms with Crippen molar-refractivity contribution in [2.75, 3.05) is 110 Å². The van der Waals surface area contributed by atoms with Crippen LogP contribution in [0, 0.1) is 0 Å². The highest BCUT2D eigenvalue weighted by molar-refractivity contribution is 7.99. The summed E-state index contributed by atoms with van der Waals surface area (Å²) in [6.45, 7) is 50.9. The maximum absolute atomic E-state index is 5.25. The van der Waals surface area contributed by atoms with Gasteiger partial charge in [-0.05, 0) is 163 Å². The Morgan fingerprint density at radius 1 is 0.340 bits per heavy atom. The fourth-order valence-electron chi connectivity index (χ4n) is 6.90. The topological polar surface area (TPSA) is 28.7 Å². The third-order valence-electron chi connectivity index (χ3n) is 10.7. The number of piperidine rings is 1. The van der Waals surface area contributed by atoms with Crippen molar-refractivity contribution in [1.82, 2.24) is 29.4 Å². The fraction of sp³-hybridized carbons (Fsp3) is 1.00. The second-order valence-electron chi connectivity index (χ2n) is 20.1. The van der Waals surface area contributed by atoms with Crippen molar-refractivity contribution in [2.24, 2.45) is 0 Å². The standard InChI is InChI=1S/C9H20N2.C9H19N.C8H17NO.C8H17NS.C8H17N/c1-9(2,3)11-7-5-10(4)6-8-11;1-9(2,3)10-7-5-4-6-8-10;2*1-8(2,3)9-4-6-10-7-5-9;1-8(2,3)9-6-4-5-7-9/h5-8H2,1-4H3;4-8H2,1-3H3;2*4-7H2,1-3H3;4-7H2,1-3H3. The van der Waals surface area contributed by atoms with Gasteiger partial charge in [0.25, 0.3) is 0 Å². The van der Waals surface area contributed by atoms with Gasteiger partial charge in [0, 0.05) is 91.6 Å². The first-order valence-electron chi connectivity index (χ1n) is 20.5. The largest absolute Gasteiger partial charge is 0.379 e. The van der Waals surface area contributed by atoms with Gasteiger partial charge in [-0.15, -0.1) is 0 Å². The average molecular weight is 727 g/mol. The molecule has 5 saturated heterocycles. The lowest BCUT2D eigenvalue weighted by Crippen LogP contribution is -2.52. The highest BCUT2D eigenvalue weighted by Gasteiger charge is 2.26. The Bertz CT molecular complexity index is 767. The molecule has 8 heteroatoms. The number of likely N-dealkylation sites (N-methyl/N-ethyl adjacent to an activating group) is 1. The third-order valence-corrected chi connectivity index (χ3v) is 11.7. The minimum absolute atomic E-state index is 0.323. The van der Waals surface area contributed by atoms with Crippen molar-refractivity contribution in [3.05, 3.63) is 0 Å². The molecule has 0 aliphatic carbocycles. The monoisotopic (exact) mass is 727 g/mol. The Morgan fingerprint density at radius 2 is 0.620 bits per heavy atom. The van der Waals surface area contributed by atoms with Crippen molar-refractivity contribution >= 4 is 11.8 Å². The molecule has 0 N–H and O–H groups in total. The molecule has 5 fully saturated rings. The van der Waals surface area contributed by atoms with Gasteiger partial charge in [0.2, 0.25) is 0 Å². The number of hydrogen-bond acceptors (Lipinski definition) is 8. The molecule has 0 radical (unpaired) electrons. The SMILES string of the molecule is CC(C)(C)N1CCCC1.CC(C)(C)N1CCCCC1.CC(C)(C)N1CCOCC1.CC(C)(C)N1CCSCC1.CN1CCN(C(C)(C)C)CC1. The molecule has 7 nitrogen and oxygen atoms in total. The molecule has 50 heavy (non-hydrogen) atoms. The molecule has 5 aliphatic heterocycles. The minimum atomic E-state index is 0.323. The van der Waals surface area contributed by atoms with Crippen LogP contribution in [0.2, 0.25) is 0 Å². The van der Waals surface area contributed by atoms with Crippen LogP contribution in [0.15, 0.2) is 0 Å². The Balaban J connectivity index is 0.000000313. The van der Waals surface area contributed by atoms with E-state index < -0.39 is 0 Å². The number of morpholine rings is 1. The molecule has 0 atom stereocenters. The lowest BCUT2D eigenvalue weighted by molar-refractivity contribution is -0.00389. The van der Waals surface area contributed by atoms with Gasteiger partial charge in [0.1, 0.15) is 0 Å². The molecule has 5 rings (SSSR count). The second-order valence-corrected chi connectivity index (χ2v) is 21.3. The molecule has 0 aromatic heterocycles. The Kier molecular flexibility index (Phi) is 21.6. The molecule has 300 valence electrons. The number of ether oxygens (including phenoxy) is 1. The summed E-state index contributed by atoms with van der Waals surface area (Å²) in [6, 6.07) is 0. The average Bonchev–Trinajstić information content (AvgIpc) is 3.59. The number of piperazine rings is 1. The summed E-state index contributed by atoms with van der Waals surface area (Å²) >= 11 is 2.07. The maximum atomic E-state index is 5.25. The predicted octanol–water partition coefficient (Wildman–Crippen LogP) is 8.13. The maximum Gasteiger partial charge on any atom is 0.0594 e. The fourth-order valence-corrected chi connectivity index (χ4v) is 7.80. The molecule has 0 amide bonds. The molecule has 5 aliphatic rings. The van der Waals surface area contributed by atoms with Gasteiger partial charge in [-0.1, -0.05) is 6.42 Å². The number of nitrogens with zero attached hydrogens (tertiary/aromatic N) is 6. The Labute approximate surface area is 318 Å². The van der Waals surface area contributed by atoms with E-state index in [0.717, 1.165) is 26.3 Å². The molecule has 0 aromatic carbocycles. The summed E-state index contributed by atoms with van der Waals surface area (Å²) in [5.41, 5.74) is 1.89. The highest BCUT2D eigenvalue weighted by Crippen LogP contribution is 2.21. The van der Waals surface area contributed by atoms with Crippen LogP contribution in [0.25, 0.3) is 0 Å². The van der Waals surface area contributed by atoms with E-state index in [1.165, 1.54) is 109 Å². The van der Waals surface area contributed by atoms with E-state index in [2.05, 4.69) is 152 Å². The van der Waals surface area contributed by atoms with Crippen LogP contribution < -0.4 is 0 Å². The summed E-state index contributed by atoms with van der Waals surface area (Å²) in [5, 5.41) is 0. The smallest absolute Gasteiger partial charge is 0.0594 e. The van der Waals surface area contributed by atoms with Crippen molar-refractivity contribution in [3.8, 4) is 0 Å². The van der Waals surface area contributed by atoms with Gasteiger partial charge in [0.05, 0.1) is 13.2 Å². The van der Waals surface area contributed by atoms with E-state index in [9.17, 15) is 0 Å². The molecule has 0 aromatic rings. The first-order valence-corrected chi connectivity index (χ1v) is 21.7. The lowest BCUT2D eigenvalue weighted by atomic mass is 10.0.